The lowest BCUT2D eigenvalue weighted by Gasteiger charge is -2.50. The molecule has 0 heterocycles. The molecule has 0 saturated heterocycles. The number of ether oxygens (including phenoxy) is 4. The Morgan fingerprint density at radius 2 is 0.582 bits per heavy atom. The Morgan fingerprint density at radius 1 is 0.373 bits per heavy atom. The molecule has 0 spiro atoms. The van der Waals surface area contributed by atoms with Crippen molar-refractivity contribution >= 4 is 69.9 Å². The predicted octanol–water partition coefficient (Wildman–Crippen LogP) is 3.96. The van der Waals surface area contributed by atoms with Crippen molar-refractivity contribution in [2.75, 3.05) is 26.4 Å². The van der Waals surface area contributed by atoms with Crippen molar-refractivity contribution in [1.29, 1.82) is 0 Å². The maximum atomic E-state index is 13.6. The van der Waals surface area contributed by atoms with Crippen molar-refractivity contribution in [3.8, 4) is 0 Å². The van der Waals surface area contributed by atoms with Gasteiger partial charge in [0.15, 0.2) is 0 Å². The zero-order valence-corrected chi connectivity index (χ0v) is 37.9. The van der Waals surface area contributed by atoms with Crippen molar-refractivity contribution in [3.05, 3.63) is 22.1 Å². The molecule has 5 aliphatic rings. The Balaban J connectivity index is 1.49. The third-order valence-corrected chi connectivity index (χ3v) is 14.5. The van der Waals surface area contributed by atoms with Crippen LogP contribution >= 0.6 is 0 Å². The molecule has 0 amide bonds. The molecule has 0 atom stereocenters. The van der Waals surface area contributed by atoms with E-state index in [1.165, 1.54) is 0 Å². The molecule has 0 unspecified atom stereocenters. The molecular weight excluding hydrogens is 873 g/mol. The summed E-state index contributed by atoms with van der Waals surface area (Å²) in [7, 11) is 0. The van der Waals surface area contributed by atoms with Crippen molar-refractivity contribution in [2.24, 2.45) is 34.5 Å². The third-order valence-electron chi connectivity index (χ3n) is 14.5. The number of rotatable bonds is 20. The Hall–Kier alpha value is -5.96. The summed E-state index contributed by atoms with van der Waals surface area (Å²) in [5.74, 6) is -11.2. The largest absolute Gasteiger partial charge is 0.456 e. The van der Waals surface area contributed by atoms with Gasteiger partial charge >= 0.3 is 46.7 Å². The van der Waals surface area contributed by atoms with Crippen LogP contribution in [0, 0.1) is 34.5 Å². The van der Waals surface area contributed by atoms with Gasteiger partial charge in [-0.3, -0.25) is 19.2 Å². The molecule has 1 N–H and O–H groups in total. The molecule has 0 radical (unpaired) electrons. The molecular formula is C46H60N8O13. The zero-order chi connectivity index (χ0) is 48.6. The molecule has 21 nitrogen and oxygen atoms in total. The number of aliphatic hydroxyl groups excluding tert-OH is 1. The van der Waals surface area contributed by atoms with E-state index in [-0.39, 0.29) is 19.3 Å². The monoisotopic (exact) mass is 932 g/mol. The normalized spacial score (nSPS) is 23.9. The standard InChI is InChI=1S/C46H60N8O13/c47-51-32(36(55)28-14-5-1-6-15-28)40(59)64-24-45(25-65-41(60)33(52-48)37(56)29-16-7-2-8-17-29)22-13-23-46(44(45)63,26-66-42(61)34(53-49)38(57)30-18-9-3-10-19-30)27-67-43(62)35(54-50)39(58)31-20-11-4-12-21-31/h28-31,44,63H,1-27H2. The summed E-state index contributed by atoms with van der Waals surface area (Å²) in [6.45, 7) is -3.63. The SMILES string of the molecule is [N-]=[N+]=C(C(=O)OCC1(COC(=O)C(=[N+]=[N-])C(=O)C2CCCCC2)CCCC(COC(=O)C(=[N+]=[N-])C(=O)C2CCCCC2)(COC(=O)C(=[N+]=[N-])C(=O)C2CCCCC2)C1O)C(=O)C1CCCCC1. The first kappa shape index (κ1) is 52.0. The topological polar surface area (TPSA) is 339 Å². The van der Waals surface area contributed by atoms with E-state index in [0.717, 1.165) is 25.7 Å². The first-order valence-electron chi connectivity index (χ1n) is 23.7. The lowest BCUT2D eigenvalue weighted by molar-refractivity contribution is -0.200. The second-order valence-electron chi connectivity index (χ2n) is 18.9. The Kier molecular flexibility index (Phi) is 19.2. The van der Waals surface area contributed by atoms with Gasteiger partial charge in [0.25, 0.3) is 23.1 Å². The number of nitrogens with zero attached hydrogens (tertiary/aromatic N) is 8. The summed E-state index contributed by atoms with van der Waals surface area (Å²) >= 11 is 0. The highest BCUT2D eigenvalue weighted by molar-refractivity contribution is 6.64. The highest BCUT2D eigenvalue weighted by atomic mass is 16.6. The quantitative estimate of drug-likeness (QED) is 0.0452. The Bertz CT molecular complexity index is 1860. The molecule has 0 aromatic heterocycles. The van der Waals surface area contributed by atoms with E-state index in [4.69, 9.17) is 18.9 Å². The third kappa shape index (κ3) is 12.7. The van der Waals surface area contributed by atoms with Gasteiger partial charge in [-0.1, -0.05) is 83.5 Å². The molecule has 0 aliphatic heterocycles. The summed E-state index contributed by atoms with van der Waals surface area (Å²) in [6.07, 6.45) is 10.2. The van der Waals surface area contributed by atoms with Crippen molar-refractivity contribution in [1.82, 2.24) is 0 Å². The molecule has 5 rings (SSSR count). The average Bonchev–Trinajstić information content (AvgIpc) is 3.36. The van der Waals surface area contributed by atoms with E-state index in [1.807, 2.05) is 0 Å². The fraction of sp³-hybridized carbons (Fsp3) is 0.739. The number of carbonyl (C=O) groups is 8. The summed E-state index contributed by atoms with van der Waals surface area (Å²) in [4.78, 5) is 120. The van der Waals surface area contributed by atoms with Crippen LogP contribution in [0.4, 0.5) is 0 Å². The van der Waals surface area contributed by atoms with E-state index < -0.39 is 137 Å². The van der Waals surface area contributed by atoms with Crippen LogP contribution in [0.5, 0.6) is 0 Å². The van der Waals surface area contributed by atoms with Gasteiger partial charge in [0, 0.05) is 23.7 Å². The molecule has 0 aromatic rings. The zero-order valence-electron chi connectivity index (χ0n) is 37.9. The number of ketones is 4. The van der Waals surface area contributed by atoms with Crippen LogP contribution in [0.15, 0.2) is 0 Å². The second kappa shape index (κ2) is 24.7. The van der Waals surface area contributed by atoms with Gasteiger partial charge in [0.05, 0.1) is 16.9 Å². The minimum atomic E-state index is -2.02. The summed E-state index contributed by atoms with van der Waals surface area (Å²) < 4.78 is 22.3. The van der Waals surface area contributed by atoms with Gasteiger partial charge in [-0.05, 0) is 64.2 Å². The maximum Gasteiger partial charge on any atom is 0.441 e. The van der Waals surface area contributed by atoms with Gasteiger partial charge in [-0.25, -0.2) is 19.2 Å². The molecule has 5 fully saturated rings. The number of aliphatic hydroxyl groups is 1. The van der Waals surface area contributed by atoms with E-state index >= 15 is 0 Å². The lowest BCUT2D eigenvalue weighted by atomic mass is 9.60. The summed E-state index contributed by atoms with van der Waals surface area (Å²) in [5, 5.41) is 12.7. The number of Topliss-reactive ketones (excluding diaryl/α,β-unsaturated/α-hetero) is 4. The van der Waals surface area contributed by atoms with Crippen LogP contribution in [0.2, 0.25) is 0 Å². The predicted molar refractivity (Wildman–Crippen MR) is 229 cm³/mol. The number of carbonyl (C=O) groups excluding carboxylic acids is 8. The minimum Gasteiger partial charge on any atom is -0.456 e. The van der Waals surface area contributed by atoms with Gasteiger partial charge in [-0.2, -0.15) is 19.2 Å². The van der Waals surface area contributed by atoms with Gasteiger partial charge in [0.2, 0.25) is 0 Å². The van der Waals surface area contributed by atoms with Crippen molar-refractivity contribution in [3.63, 3.8) is 0 Å². The first-order chi connectivity index (χ1) is 32.3. The molecule has 21 heteroatoms. The van der Waals surface area contributed by atoms with Crippen LogP contribution < -0.4 is 0 Å². The second-order valence-corrected chi connectivity index (χ2v) is 18.9. The fourth-order valence-corrected chi connectivity index (χ4v) is 10.5. The van der Waals surface area contributed by atoms with E-state index in [9.17, 15) is 65.6 Å². The molecule has 0 bridgehead atoms. The number of hydrogen-bond acceptors (Lipinski definition) is 13. The summed E-state index contributed by atoms with van der Waals surface area (Å²) in [5.41, 5.74) is 31.7. The highest BCUT2D eigenvalue weighted by Gasteiger charge is 2.58. The molecule has 5 saturated carbocycles. The molecule has 5 aliphatic carbocycles. The molecule has 362 valence electrons. The van der Waals surface area contributed by atoms with Crippen molar-refractivity contribution < 1.29 is 81.6 Å². The minimum absolute atomic E-state index is 0.00489. The summed E-state index contributed by atoms with van der Waals surface area (Å²) in [6, 6.07) is 0. The van der Waals surface area contributed by atoms with Gasteiger partial charge < -0.3 is 46.2 Å². The highest BCUT2D eigenvalue weighted by Crippen LogP contribution is 2.48. The number of hydrogen-bond donors (Lipinski definition) is 1. The Labute approximate surface area is 387 Å². The van der Waals surface area contributed by atoms with Crippen LogP contribution in [0.3, 0.4) is 0 Å². The maximum absolute atomic E-state index is 13.6. The lowest BCUT2D eigenvalue weighted by Crippen LogP contribution is -2.60. The first-order valence-corrected chi connectivity index (χ1v) is 23.7. The van der Waals surface area contributed by atoms with Gasteiger partial charge in [0.1, 0.15) is 26.4 Å². The molecule has 67 heavy (non-hydrogen) atoms. The van der Waals surface area contributed by atoms with E-state index in [1.54, 1.807) is 0 Å². The van der Waals surface area contributed by atoms with Crippen LogP contribution in [-0.4, -0.2) is 127 Å². The van der Waals surface area contributed by atoms with Crippen LogP contribution in [0.25, 0.3) is 22.1 Å². The van der Waals surface area contributed by atoms with E-state index in [0.29, 0.717) is 103 Å². The Morgan fingerprint density at radius 3 is 0.776 bits per heavy atom. The van der Waals surface area contributed by atoms with Gasteiger partial charge in [-0.15, -0.1) is 0 Å². The average molecular weight is 933 g/mol. The van der Waals surface area contributed by atoms with Crippen molar-refractivity contribution in [2.45, 2.75) is 154 Å². The molecule has 0 aromatic carbocycles. The van der Waals surface area contributed by atoms with Crippen LogP contribution in [-0.2, 0) is 57.3 Å². The fourth-order valence-electron chi connectivity index (χ4n) is 10.5. The number of esters is 4. The van der Waals surface area contributed by atoms with E-state index in [2.05, 4.69) is 19.2 Å². The van der Waals surface area contributed by atoms with Crippen LogP contribution in [0.1, 0.15) is 148 Å². The smallest absolute Gasteiger partial charge is 0.441 e.